The van der Waals surface area contributed by atoms with Gasteiger partial charge in [0.1, 0.15) is 24.4 Å². The number of aliphatic hydroxyl groups excluding tert-OH is 4. The quantitative estimate of drug-likeness (QED) is 0.224. The molecule has 0 aliphatic carbocycles. The lowest BCUT2D eigenvalue weighted by molar-refractivity contribution is -0.303. The fraction of sp³-hybridized carbons (Fsp3) is 1.00. The first-order valence-electron chi connectivity index (χ1n) is 7.67. The fourth-order valence-corrected chi connectivity index (χ4v) is 2.57. The third-order valence-corrected chi connectivity index (χ3v) is 5.34. The molecule has 5 N–H and O–H groups in total. The second-order valence-electron chi connectivity index (χ2n) is 5.68. The van der Waals surface area contributed by atoms with Gasteiger partial charge in [-0.3, -0.25) is 4.57 Å². The van der Waals surface area contributed by atoms with E-state index < -0.39 is 44.0 Å². The molecule has 6 unspecified atom stereocenters. The molecule has 1 heterocycles. The minimum absolute atomic E-state index is 0.0232. The average Bonchev–Trinajstić information content (AvgIpc) is 2.53. The largest absolute Gasteiger partial charge is 0.394 e. The van der Waals surface area contributed by atoms with Gasteiger partial charge >= 0.3 is 7.60 Å². The fourth-order valence-electron chi connectivity index (χ4n) is 1.94. The second kappa shape index (κ2) is 10.1. The summed E-state index contributed by atoms with van der Waals surface area (Å²) in [5, 5.41) is 38.1. The van der Waals surface area contributed by atoms with Crippen LogP contribution in [0.4, 0.5) is 0 Å². The van der Waals surface area contributed by atoms with Crippen LogP contribution in [0.15, 0.2) is 0 Å². The first kappa shape index (κ1) is 21.9. The summed E-state index contributed by atoms with van der Waals surface area (Å²) in [5.74, 6) is 0. The van der Waals surface area contributed by atoms with Gasteiger partial charge in [-0.05, 0) is 0 Å². The first-order valence-corrected chi connectivity index (χ1v) is 9.32. The molecule has 1 saturated heterocycles. The van der Waals surface area contributed by atoms with Crippen molar-refractivity contribution in [1.29, 1.82) is 0 Å². The second-order valence-corrected chi connectivity index (χ2v) is 8.09. The molecule has 0 spiro atoms. The lowest BCUT2D eigenvalue weighted by Gasteiger charge is -2.40. The van der Waals surface area contributed by atoms with Crippen molar-refractivity contribution in [1.82, 2.24) is 0 Å². The minimum Gasteiger partial charge on any atom is -0.394 e. The van der Waals surface area contributed by atoms with Crippen LogP contribution in [0.25, 0.3) is 0 Å². The van der Waals surface area contributed by atoms with Crippen LogP contribution in [-0.2, 0) is 23.3 Å². The van der Waals surface area contributed by atoms with Gasteiger partial charge in [0, 0.05) is 0 Å². The van der Waals surface area contributed by atoms with Crippen LogP contribution in [0.3, 0.4) is 0 Å². The smallest absolute Gasteiger partial charge is 0.330 e. The normalized spacial score (nSPS) is 33.6. The molecule has 11 heteroatoms. The van der Waals surface area contributed by atoms with Gasteiger partial charge in [-0.25, -0.2) is 0 Å². The maximum absolute atomic E-state index is 11.6. The van der Waals surface area contributed by atoms with Crippen LogP contribution < -0.4 is 0 Å². The van der Waals surface area contributed by atoms with Gasteiger partial charge < -0.3 is 44.1 Å². The number of hydrogen-bond acceptors (Lipinski definition) is 9. The third-order valence-electron chi connectivity index (χ3n) is 3.48. The van der Waals surface area contributed by atoms with Crippen LogP contribution in [0.5, 0.6) is 0 Å². The molecule has 0 radical (unpaired) electrons. The Morgan fingerprint density at radius 3 is 2.33 bits per heavy atom. The molecule has 0 saturated carbocycles. The Balaban J connectivity index is 2.39. The van der Waals surface area contributed by atoms with E-state index in [-0.39, 0.29) is 33.0 Å². The van der Waals surface area contributed by atoms with E-state index in [9.17, 15) is 24.8 Å². The van der Waals surface area contributed by atoms with E-state index in [4.69, 9.17) is 23.8 Å². The Hall–Kier alpha value is -0.130. The van der Waals surface area contributed by atoms with E-state index in [0.29, 0.717) is 0 Å². The van der Waals surface area contributed by atoms with Crippen LogP contribution in [0.1, 0.15) is 13.8 Å². The van der Waals surface area contributed by atoms with Crippen molar-refractivity contribution < 1.29 is 48.6 Å². The molecule has 10 nitrogen and oxygen atoms in total. The van der Waals surface area contributed by atoms with Crippen molar-refractivity contribution >= 4 is 7.60 Å². The van der Waals surface area contributed by atoms with Crippen molar-refractivity contribution in [2.24, 2.45) is 0 Å². The van der Waals surface area contributed by atoms with E-state index in [1.807, 2.05) is 0 Å². The molecule has 0 bridgehead atoms. The standard InChI is InChI=1S/C13H27O10P/c1-8(2)24(18,19)22-6-5-20-7-9-10(15)11(16)12(17)13(23-9)21-4-3-14/h8-17H,3-7H2,1-2H3,(H,18,19). The summed E-state index contributed by atoms with van der Waals surface area (Å²) in [6, 6.07) is 0. The Labute approximate surface area is 140 Å². The highest BCUT2D eigenvalue weighted by Crippen LogP contribution is 2.46. The maximum Gasteiger partial charge on any atom is 0.330 e. The Bertz CT molecular complexity index is 406. The third kappa shape index (κ3) is 6.30. The summed E-state index contributed by atoms with van der Waals surface area (Å²) in [7, 11) is -3.67. The Kier molecular flexibility index (Phi) is 9.24. The minimum atomic E-state index is -3.67. The monoisotopic (exact) mass is 374 g/mol. The first-order chi connectivity index (χ1) is 11.2. The van der Waals surface area contributed by atoms with E-state index in [2.05, 4.69) is 0 Å². The van der Waals surface area contributed by atoms with Crippen molar-refractivity contribution in [3.05, 3.63) is 0 Å². The summed E-state index contributed by atoms with van der Waals surface area (Å²) < 4.78 is 32.0. The predicted octanol–water partition coefficient (Wildman–Crippen LogP) is -1.57. The van der Waals surface area contributed by atoms with Crippen molar-refractivity contribution in [3.8, 4) is 0 Å². The summed E-state index contributed by atoms with van der Waals surface area (Å²) in [6.07, 6.45) is -6.53. The Morgan fingerprint density at radius 2 is 1.75 bits per heavy atom. The maximum atomic E-state index is 11.6. The van der Waals surface area contributed by atoms with Gasteiger partial charge in [0.25, 0.3) is 0 Å². The zero-order valence-electron chi connectivity index (χ0n) is 13.7. The molecule has 1 aliphatic rings. The van der Waals surface area contributed by atoms with Crippen LogP contribution >= 0.6 is 7.60 Å². The van der Waals surface area contributed by atoms with E-state index >= 15 is 0 Å². The molecule has 0 aromatic rings. The highest BCUT2D eigenvalue weighted by molar-refractivity contribution is 7.53. The summed E-state index contributed by atoms with van der Waals surface area (Å²) in [6.45, 7) is 2.44. The van der Waals surface area contributed by atoms with Crippen LogP contribution in [0.2, 0.25) is 0 Å². The molecular formula is C13H27O10P. The zero-order chi connectivity index (χ0) is 18.3. The molecule has 0 aromatic heterocycles. The van der Waals surface area contributed by atoms with Gasteiger partial charge in [-0.1, -0.05) is 13.8 Å². The molecule has 6 atom stereocenters. The molecular weight excluding hydrogens is 347 g/mol. The summed E-state index contributed by atoms with van der Waals surface area (Å²) in [5.41, 5.74) is -0.526. The molecule has 24 heavy (non-hydrogen) atoms. The molecule has 1 aliphatic heterocycles. The molecule has 1 rings (SSSR count). The highest BCUT2D eigenvalue weighted by atomic mass is 31.2. The SMILES string of the molecule is CC(C)P(=O)(O)OCCOCC1OC(OCCO)C(O)C(O)C1O. The van der Waals surface area contributed by atoms with Crippen LogP contribution in [0, 0.1) is 0 Å². The molecule has 1 fully saturated rings. The van der Waals surface area contributed by atoms with E-state index in [0.717, 1.165) is 0 Å². The Morgan fingerprint density at radius 1 is 1.08 bits per heavy atom. The van der Waals surface area contributed by atoms with Gasteiger partial charge in [0.15, 0.2) is 6.29 Å². The zero-order valence-corrected chi connectivity index (χ0v) is 14.6. The van der Waals surface area contributed by atoms with Gasteiger partial charge in [0.05, 0.1) is 38.7 Å². The van der Waals surface area contributed by atoms with Crippen LogP contribution in [-0.4, -0.2) is 94.7 Å². The number of aliphatic hydroxyl groups is 4. The summed E-state index contributed by atoms with van der Waals surface area (Å²) >= 11 is 0. The number of ether oxygens (including phenoxy) is 3. The summed E-state index contributed by atoms with van der Waals surface area (Å²) in [4.78, 5) is 9.48. The lowest BCUT2D eigenvalue weighted by Crippen LogP contribution is -2.59. The van der Waals surface area contributed by atoms with Gasteiger partial charge in [-0.2, -0.15) is 0 Å². The van der Waals surface area contributed by atoms with Gasteiger partial charge in [-0.15, -0.1) is 0 Å². The van der Waals surface area contributed by atoms with E-state index in [1.54, 1.807) is 13.8 Å². The number of rotatable bonds is 10. The van der Waals surface area contributed by atoms with Crippen molar-refractivity contribution in [2.45, 2.75) is 50.2 Å². The van der Waals surface area contributed by atoms with Crippen molar-refractivity contribution in [2.75, 3.05) is 33.0 Å². The molecule has 0 aromatic carbocycles. The molecule has 0 amide bonds. The predicted molar refractivity (Wildman–Crippen MR) is 81.5 cm³/mol. The number of hydrogen-bond donors (Lipinski definition) is 5. The van der Waals surface area contributed by atoms with E-state index in [1.165, 1.54) is 0 Å². The lowest BCUT2D eigenvalue weighted by atomic mass is 9.99. The average molecular weight is 374 g/mol. The topological polar surface area (TPSA) is 155 Å². The van der Waals surface area contributed by atoms with Gasteiger partial charge in [0.2, 0.25) is 0 Å². The highest BCUT2D eigenvalue weighted by Gasteiger charge is 2.44. The molecule has 144 valence electrons. The van der Waals surface area contributed by atoms with Crippen molar-refractivity contribution in [3.63, 3.8) is 0 Å².